The molecule has 0 aliphatic heterocycles. The summed E-state index contributed by atoms with van der Waals surface area (Å²) in [6, 6.07) is 22.4. The first-order chi connectivity index (χ1) is 10.7. The Morgan fingerprint density at radius 1 is 0.864 bits per heavy atom. The largest absolute Gasteiger partial charge is 0.352 e. The van der Waals surface area contributed by atoms with Crippen molar-refractivity contribution in [3.05, 3.63) is 83.4 Å². The molecule has 0 saturated heterocycles. The van der Waals surface area contributed by atoms with Crippen LogP contribution in [0.25, 0.3) is 10.8 Å². The predicted octanol–water partition coefficient (Wildman–Crippen LogP) is 4.01. The number of aryl methyl sites for hydroxylation is 1. The quantitative estimate of drug-likeness (QED) is 0.772. The van der Waals surface area contributed by atoms with Gasteiger partial charge in [-0.2, -0.15) is 0 Å². The van der Waals surface area contributed by atoms with E-state index in [-0.39, 0.29) is 5.91 Å². The SMILES string of the molecule is Cc1ccccc1CNC(=O)Cc1cccc2ccccc12. The summed E-state index contributed by atoms with van der Waals surface area (Å²) in [5, 5.41) is 5.34. The maximum absolute atomic E-state index is 12.2. The molecule has 0 radical (unpaired) electrons. The summed E-state index contributed by atoms with van der Waals surface area (Å²) >= 11 is 0. The Bertz CT molecular complexity index is 802. The van der Waals surface area contributed by atoms with Crippen LogP contribution in [0.5, 0.6) is 0 Å². The molecule has 2 heteroatoms. The van der Waals surface area contributed by atoms with Gasteiger partial charge in [0, 0.05) is 6.54 Å². The summed E-state index contributed by atoms with van der Waals surface area (Å²) in [5.74, 6) is 0.0552. The Labute approximate surface area is 130 Å². The van der Waals surface area contributed by atoms with Crippen molar-refractivity contribution in [2.24, 2.45) is 0 Å². The Morgan fingerprint density at radius 3 is 2.41 bits per heavy atom. The van der Waals surface area contributed by atoms with Gasteiger partial charge in [-0.15, -0.1) is 0 Å². The van der Waals surface area contributed by atoms with Crippen LogP contribution in [0, 0.1) is 6.92 Å². The van der Waals surface area contributed by atoms with Crippen LogP contribution in [-0.4, -0.2) is 5.91 Å². The molecular formula is C20H19NO. The Kier molecular flexibility index (Phi) is 4.19. The lowest BCUT2D eigenvalue weighted by Gasteiger charge is -2.09. The van der Waals surface area contributed by atoms with Gasteiger partial charge in [-0.3, -0.25) is 4.79 Å². The molecule has 0 unspecified atom stereocenters. The number of hydrogen-bond acceptors (Lipinski definition) is 1. The monoisotopic (exact) mass is 289 g/mol. The van der Waals surface area contributed by atoms with E-state index in [1.807, 2.05) is 42.5 Å². The zero-order valence-electron chi connectivity index (χ0n) is 12.7. The molecule has 0 heterocycles. The number of nitrogens with one attached hydrogen (secondary N) is 1. The number of carbonyl (C=O) groups excluding carboxylic acids is 1. The Morgan fingerprint density at radius 2 is 1.55 bits per heavy atom. The van der Waals surface area contributed by atoms with Crippen molar-refractivity contribution in [1.29, 1.82) is 0 Å². The minimum Gasteiger partial charge on any atom is -0.352 e. The number of rotatable bonds is 4. The molecule has 110 valence electrons. The van der Waals surface area contributed by atoms with Gasteiger partial charge >= 0.3 is 0 Å². The summed E-state index contributed by atoms with van der Waals surface area (Å²) in [5.41, 5.74) is 3.43. The normalized spacial score (nSPS) is 10.6. The zero-order valence-corrected chi connectivity index (χ0v) is 12.7. The fourth-order valence-electron chi connectivity index (χ4n) is 2.68. The van der Waals surface area contributed by atoms with Crippen LogP contribution < -0.4 is 5.32 Å². The topological polar surface area (TPSA) is 29.1 Å². The predicted molar refractivity (Wildman–Crippen MR) is 90.7 cm³/mol. The summed E-state index contributed by atoms with van der Waals surface area (Å²) < 4.78 is 0. The van der Waals surface area contributed by atoms with Crippen LogP contribution in [0.1, 0.15) is 16.7 Å². The molecule has 3 aromatic carbocycles. The number of amides is 1. The lowest BCUT2D eigenvalue weighted by Crippen LogP contribution is -2.25. The average molecular weight is 289 g/mol. The molecule has 1 N–H and O–H groups in total. The number of hydrogen-bond donors (Lipinski definition) is 1. The van der Waals surface area contributed by atoms with Crippen LogP contribution in [0.15, 0.2) is 66.7 Å². The van der Waals surface area contributed by atoms with E-state index in [0.29, 0.717) is 13.0 Å². The Hall–Kier alpha value is -2.61. The molecule has 0 bridgehead atoms. The van der Waals surface area contributed by atoms with Crippen molar-refractivity contribution in [3.63, 3.8) is 0 Å². The first kappa shape index (κ1) is 14.3. The minimum atomic E-state index is 0.0552. The van der Waals surface area contributed by atoms with E-state index in [1.54, 1.807) is 0 Å². The number of carbonyl (C=O) groups is 1. The second kappa shape index (κ2) is 6.44. The van der Waals surface area contributed by atoms with Crippen molar-refractivity contribution >= 4 is 16.7 Å². The third-order valence-corrected chi connectivity index (χ3v) is 3.97. The van der Waals surface area contributed by atoms with Crippen molar-refractivity contribution in [3.8, 4) is 0 Å². The lowest BCUT2D eigenvalue weighted by atomic mass is 10.0. The van der Waals surface area contributed by atoms with E-state index < -0.39 is 0 Å². The number of benzene rings is 3. The van der Waals surface area contributed by atoms with Gasteiger partial charge in [-0.05, 0) is 34.4 Å². The van der Waals surface area contributed by atoms with Crippen LogP contribution >= 0.6 is 0 Å². The Balaban J connectivity index is 1.70. The standard InChI is InChI=1S/C20H19NO/c1-15-7-2-3-9-18(15)14-21-20(22)13-17-11-6-10-16-8-4-5-12-19(16)17/h2-12H,13-14H2,1H3,(H,21,22). The first-order valence-electron chi connectivity index (χ1n) is 7.52. The lowest BCUT2D eigenvalue weighted by molar-refractivity contribution is -0.120. The maximum atomic E-state index is 12.2. The fraction of sp³-hybridized carbons (Fsp3) is 0.150. The van der Waals surface area contributed by atoms with Crippen LogP contribution in [0.4, 0.5) is 0 Å². The third kappa shape index (κ3) is 3.17. The highest BCUT2D eigenvalue weighted by Crippen LogP contribution is 2.18. The van der Waals surface area contributed by atoms with Gasteiger partial charge in [-0.1, -0.05) is 66.7 Å². The fourth-order valence-corrected chi connectivity index (χ4v) is 2.68. The second-order valence-corrected chi connectivity index (χ2v) is 5.52. The van der Waals surface area contributed by atoms with Crippen LogP contribution in [0.3, 0.4) is 0 Å². The molecule has 22 heavy (non-hydrogen) atoms. The molecule has 0 atom stereocenters. The van der Waals surface area contributed by atoms with E-state index in [2.05, 4.69) is 36.5 Å². The molecule has 3 aromatic rings. The van der Waals surface area contributed by atoms with Crippen molar-refractivity contribution < 1.29 is 4.79 Å². The molecular weight excluding hydrogens is 270 g/mol. The molecule has 0 saturated carbocycles. The van der Waals surface area contributed by atoms with Crippen molar-refractivity contribution in [2.45, 2.75) is 19.9 Å². The van der Waals surface area contributed by atoms with E-state index in [9.17, 15) is 4.79 Å². The van der Waals surface area contributed by atoms with Gasteiger partial charge in [0.2, 0.25) is 5.91 Å². The van der Waals surface area contributed by atoms with Gasteiger partial charge in [0.25, 0.3) is 0 Å². The van der Waals surface area contributed by atoms with E-state index in [0.717, 1.165) is 16.5 Å². The second-order valence-electron chi connectivity index (χ2n) is 5.52. The zero-order chi connectivity index (χ0) is 15.4. The maximum Gasteiger partial charge on any atom is 0.224 e. The molecule has 0 aromatic heterocycles. The summed E-state index contributed by atoms with van der Waals surface area (Å²) in [4.78, 5) is 12.2. The highest BCUT2D eigenvalue weighted by molar-refractivity contribution is 5.90. The smallest absolute Gasteiger partial charge is 0.224 e. The van der Waals surface area contributed by atoms with Gasteiger partial charge in [0.1, 0.15) is 0 Å². The van der Waals surface area contributed by atoms with Gasteiger partial charge < -0.3 is 5.32 Å². The highest BCUT2D eigenvalue weighted by atomic mass is 16.1. The average Bonchev–Trinajstić information content (AvgIpc) is 2.54. The highest BCUT2D eigenvalue weighted by Gasteiger charge is 2.07. The van der Waals surface area contributed by atoms with E-state index in [1.165, 1.54) is 10.9 Å². The molecule has 0 aliphatic carbocycles. The van der Waals surface area contributed by atoms with E-state index in [4.69, 9.17) is 0 Å². The molecule has 3 rings (SSSR count). The first-order valence-corrected chi connectivity index (χ1v) is 7.52. The summed E-state index contributed by atoms with van der Waals surface area (Å²) in [6.45, 7) is 2.64. The summed E-state index contributed by atoms with van der Waals surface area (Å²) in [6.07, 6.45) is 0.410. The molecule has 0 fully saturated rings. The molecule has 1 amide bonds. The van der Waals surface area contributed by atoms with Crippen LogP contribution in [-0.2, 0) is 17.8 Å². The molecule has 0 aliphatic rings. The van der Waals surface area contributed by atoms with E-state index >= 15 is 0 Å². The molecule has 0 spiro atoms. The van der Waals surface area contributed by atoms with Crippen LogP contribution in [0.2, 0.25) is 0 Å². The number of fused-ring (bicyclic) bond motifs is 1. The third-order valence-electron chi connectivity index (χ3n) is 3.97. The molecule has 2 nitrogen and oxygen atoms in total. The van der Waals surface area contributed by atoms with Gasteiger partial charge in [0.05, 0.1) is 6.42 Å². The van der Waals surface area contributed by atoms with Gasteiger partial charge in [-0.25, -0.2) is 0 Å². The van der Waals surface area contributed by atoms with Gasteiger partial charge in [0.15, 0.2) is 0 Å². The van der Waals surface area contributed by atoms with Crippen molar-refractivity contribution in [1.82, 2.24) is 5.32 Å². The van der Waals surface area contributed by atoms with Crippen molar-refractivity contribution in [2.75, 3.05) is 0 Å². The summed E-state index contributed by atoms with van der Waals surface area (Å²) in [7, 11) is 0. The minimum absolute atomic E-state index is 0.0552.